The molecule has 0 aromatic rings. The molecule has 2 saturated carbocycles. The molecule has 1 spiro atoms. The van der Waals surface area contributed by atoms with Crippen molar-refractivity contribution in [2.24, 2.45) is 17.6 Å². The van der Waals surface area contributed by atoms with E-state index in [4.69, 9.17) is 10.5 Å². The Morgan fingerprint density at radius 2 is 1.89 bits per heavy atom. The number of Topliss-reactive ketones (excluding diaryl/α,β-unsaturated/α-hetero) is 1. The van der Waals surface area contributed by atoms with Gasteiger partial charge in [-0.15, -0.1) is 0 Å². The molecule has 0 amide bonds. The SMILES string of the molecule is NC1CCCCC1C(=O)C1CCOC2(CCC2)C1. The lowest BCUT2D eigenvalue weighted by molar-refractivity contribution is -0.158. The van der Waals surface area contributed by atoms with Crippen LogP contribution in [0.15, 0.2) is 0 Å². The van der Waals surface area contributed by atoms with Crippen molar-refractivity contribution in [2.45, 2.75) is 69.4 Å². The maximum Gasteiger partial charge on any atom is 0.140 e. The number of ether oxygens (including phenoxy) is 1. The van der Waals surface area contributed by atoms with Crippen LogP contribution in [0.2, 0.25) is 0 Å². The second-order valence-corrected chi connectivity index (χ2v) is 6.53. The number of rotatable bonds is 2. The van der Waals surface area contributed by atoms with Gasteiger partial charge in [0.15, 0.2) is 0 Å². The fraction of sp³-hybridized carbons (Fsp3) is 0.933. The first kappa shape index (κ1) is 12.6. The molecule has 1 heterocycles. The Kier molecular flexibility index (Phi) is 3.46. The molecule has 0 aromatic carbocycles. The molecule has 1 saturated heterocycles. The van der Waals surface area contributed by atoms with Gasteiger partial charge in [-0.2, -0.15) is 0 Å². The van der Waals surface area contributed by atoms with Gasteiger partial charge in [0.25, 0.3) is 0 Å². The van der Waals surface area contributed by atoms with Crippen LogP contribution < -0.4 is 5.73 Å². The Bertz CT molecular complexity index is 324. The number of ketones is 1. The highest BCUT2D eigenvalue weighted by molar-refractivity contribution is 5.84. The van der Waals surface area contributed by atoms with E-state index in [-0.39, 0.29) is 23.5 Å². The van der Waals surface area contributed by atoms with Crippen molar-refractivity contribution >= 4 is 5.78 Å². The van der Waals surface area contributed by atoms with Crippen LogP contribution >= 0.6 is 0 Å². The summed E-state index contributed by atoms with van der Waals surface area (Å²) in [5.74, 6) is 0.823. The number of hydrogen-bond acceptors (Lipinski definition) is 3. The molecule has 2 N–H and O–H groups in total. The zero-order valence-electron chi connectivity index (χ0n) is 11.2. The first-order valence-corrected chi connectivity index (χ1v) is 7.63. The summed E-state index contributed by atoms with van der Waals surface area (Å²) in [5.41, 5.74) is 6.23. The molecule has 0 bridgehead atoms. The van der Waals surface area contributed by atoms with Gasteiger partial charge < -0.3 is 10.5 Å². The van der Waals surface area contributed by atoms with Crippen molar-refractivity contribution in [1.82, 2.24) is 0 Å². The van der Waals surface area contributed by atoms with Crippen molar-refractivity contribution in [1.29, 1.82) is 0 Å². The summed E-state index contributed by atoms with van der Waals surface area (Å²) >= 11 is 0. The molecule has 3 atom stereocenters. The van der Waals surface area contributed by atoms with E-state index in [1.165, 1.54) is 19.3 Å². The second kappa shape index (κ2) is 4.93. The molecule has 0 radical (unpaired) electrons. The van der Waals surface area contributed by atoms with Gasteiger partial charge in [-0.25, -0.2) is 0 Å². The summed E-state index contributed by atoms with van der Waals surface area (Å²) in [6.45, 7) is 0.776. The standard InChI is InChI=1S/C15H25NO2/c16-13-5-2-1-4-12(13)14(17)11-6-9-18-15(10-11)7-3-8-15/h11-13H,1-10,16H2. The highest BCUT2D eigenvalue weighted by atomic mass is 16.5. The minimum Gasteiger partial charge on any atom is -0.375 e. The molecule has 2 aliphatic carbocycles. The van der Waals surface area contributed by atoms with E-state index in [2.05, 4.69) is 0 Å². The Morgan fingerprint density at radius 1 is 1.11 bits per heavy atom. The van der Waals surface area contributed by atoms with Crippen LogP contribution in [0.1, 0.15) is 57.8 Å². The second-order valence-electron chi connectivity index (χ2n) is 6.53. The summed E-state index contributed by atoms with van der Waals surface area (Å²) in [6, 6.07) is 0.117. The van der Waals surface area contributed by atoms with Gasteiger partial charge in [-0.1, -0.05) is 12.8 Å². The van der Waals surface area contributed by atoms with Crippen molar-refractivity contribution in [3.63, 3.8) is 0 Å². The zero-order chi connectivity index (χ0) is 12.6. The lowest BCUT2D eigenvalue weighted by Crippen LogP contribution is -2.49. The fourth-order valence-corrected chi connectivity index (χ4v) is 4.01. The topological polar surface area (TPSA) is 52.3 Å². The van der Waals surface area contributed by atoms with Crippen LogP contribution in [0, 0.1) is 11.8 Å². The number of nitrogens with two attached hydrogens (primary N) is 1. The largest absolute Gasteiger partial charge is 0.375 e. The number of carbonyl (C=O) groups excluding carboxylic acids is 1. The first-order chi connectivity index (χ1) is 8.70. The molecule has 0 aromatic heterocycles. The highest BCUT2D eigenvalue weighted by Crippen LogP contribution is 2.45. The molecule has 3 aliphatic rings. The average Bonchev–Trinajstić information content (AvgIpc) is 2.37. The third kappa shape index (κ3) is 2.23. The van der Waals surface area contributed by atoms with Gasteiger partial charge in [0.1, 0.15) is 5.78 Å². The van der Waals surface area contributed by atoms with Crippen LogP contribution in [0.5, 0.6) is 0 Å². The third-order valence-corrected chi connectivity index (χ3v) is 5.34. The molecule has 3 nitrogen and oxygen atoms in total. The molecular formula is C15H25NO2. The van der Waals surface area contributed by atoms with Crippen molar-refractivity contribution in [3.8, 4) is 0 Å². The number of carbonyl (C=O) groups is 1. The maximum absolute atomic E-state index is 12.7. The highest BCUT2D eigenvalue weighted by Gasteiger charge is 2.45. The lowest BCUT2D eigenvalue weighted by atomic mass is 9.68. The van der Waals surface area contributed by atoms with E-state index in [0.29, 0.717) is 5.78 Å². The molecule has 3 fully saturated rings. The van der Waals surface area contributed by atoms with Gasteiger partial charge in [0.2, 0.25) is 0 Å². The monoisotopic (exact) mass is 251 g/mol. The summed E-state index contributed by atoms with van der Waals surface area (Å²) in [7, 11) is 0. The van der Waals surface area contributed by atoms with E-state index in [9.17, 15) is 4.79 Å². The Balaban J connectivity index is 1.64. The molecule has 102 valence electrons. The normalized spacial score (nSPS) is 39.3. The van der Waals surface area contributed by atoms with Gasteiger partial charge >= 0.3 is 0 Å². The van der Waals surface area contributed by atoms with Gasteiger partial charge in [0, 0.05) is 24.5 Å². The lowest BCUT2D eigenvalue weighted by Gasteiger charge is -2.47. The van der Waals surface area contributed by atoms with Crippen LogP contribution in [0.4, 0.5) is 0 Å². The third-order valence-electron chi connectivity index (χ3n) is 5.34. The minimum atomic E-state index is 0.0807. The van der Waals surface area contributed by atoms with Crippen LogP contribution in [0.3, 0.4) is 0 Å². The molecule has 18 heavy (non-hydrogen) atoms. The van der Waals surface area contributed by atoms with E-state index < -0.39 is 0 Å². The molecule has 3 unspecified atom stereocenters. The maximum atomic E-state index is 12.7. The van der Waals surface area contributed by atoms with Gasteiger partial charge in [-0.05, 0) is 44.9 Å². The Labute approximate surface area is 109 Å². The van der Waals surface area contributed by atoms with E-state index in [0.717, 1.165) is 45.1 Å². The molecule has 3 heteroatoms. The summed E-state index contributed by atoms with van der Waals surface area (Å²) < 4.78 is 5.91. The van der Waals surface area contributed by atoms with Crippen molar-refractivity contribution in [2.75, 3.05) is 6.61 Å². The summed E-state index contributed by atoms with van der Waals surface area (Å²) in [5, 5.41) is 0. The van der Waals surface area contributed by atoms with Gasteiger partial charge in [0.05, 0.1) is 5.60 Å². The number of hydrogen-bond donors (Lipinski definition) is 1. The van der Waals surface area contributed by atoms with Crippen molar-refractivity contribution < 1.29 is 9.53 Å². The van der Waals surface area contributed by atoms with Crippen molar-refractivity contribution in [3.05, 3.63) is 0 Å². The average molecular weight is 251 g/mol. The summed E-state index contributed by atoms with van der Waals surface area (Å²) in [6.07, 6.45) is 9.90. The predicted molar refractivity (Wildman–Crippen MR) is 70.2 cm³/mol. The van der Waals surface area contributed by atoms with E-state index in [1.54, 1.807) is 0 Å². The van der Waals surface area contributed by atoms with Crippen LogP contribution in [-0.4, -0.2) is 24.0 Å². The predicted octanol–water partition coefficient (Wildman–Crippen LogP) is 2.42. The zero-order valence-corrected chi connectivity index (χ0v) is 11.2. The summed E-state index contributed by atoms with van der Waals surface area (Å²) in [4.78, 5) is 12.7. The van der Waals surface area contributed by atoms with Gasteiger partial charge in [-0.3, -0.25) is 4.79 Å². The Hall–Kier alpha value is -0.410. The van der Waals surface area contributed by atoms with Crippen LogP contribution in [-0.2, 0) is 9.53 Å². The molecular weight excluding hydrogens is 226 g/mol. The van der Waals surface area contributed by atoms with E-state index >= 15 is 0 Å². The Morgan fingerprint density at radius 3 is 2.56 bits per heavy atom. The van der Waals surface area contributed by atoms with E-state index in [1.807, 2.05) is 0 Å². The minimum absolute atomic E-state index is 0.0807. The fourth-order valence-electron chi connectivity index (χ4n) is 4.01. The molecule has 3 rings (SSSR count). The first-order valence-electron chi connectivity index (χ1n) is 7.63. The quantitative estimate of drug-likeness (QED) is 0.820. The molecule has 1 aliphatic heterocycles. The van der Waals surface area contributed by atoms with Crippen LogP contribution in [0.25, 0.3) is 0 Å². The smallest absolute Gasteiger partial charge is 0.140 e.